The predicted octanol–water partition coefficient (Wildman–Crippen LogP) is 1.99. The van der Waals surface area contributed by atoms with Gasteiger partial charge in [-0.1, -0.05) is 0 Å². The summed E-state index contributed by atoms with van der Waals surface area (Å²) < 4.78 is 58.9. The van der Waals surface area contributed by atoms with Gasteiger partial charge in [-0.05, 0) is 25.0 Å². The summed E-state index contributed by atoms with van der Waals surface area (Å²) in [5, 5.41) is 0. The molecule has 1 unspecified atom stereocenters. The Hall–Kier alpha value is -2.13. The molecule has 0 N–H and O–H groups in total. The van der Waals surface area contributed by atoms with Crippen molar-refractivity contribution in [3.05, 3.63) is 48.4 Å². The van der Waals surface area contributed by atoms with E-state index in [-0.39, 0.29) is 13.1 Å². The highest BCUT2D eigenvalue weighted by Crippen LogP contribution is 2.25. The average Bonchev–Trinajstić information content (AvgIpc) is 2.56. The minimum Gasteiger partial charge on any atom is -0.473 e. The molecule has 1 aliphatic rings. The van der Waals surface area contributed by atoms with Gasteiger partial charge in [-0.3, -0.25) is 0 Å². The number of sulfonamides is 1. The molecular formula is C15H15F2N3O3S. The number of nitrogens with zero attached hydrogens (tertiary/aromatic N) is 3. The van der Waals surface area contributed by atoms with Crippen LogP contribution in [0.1, 0.15) is 12.8 Å². The summed E-state index contributed by atoms with van der Waals surface area (Å²) in [5.41, 5.74) is 0. The summed E-state index contributed by atoms with van der Waals surface area (Å²) in [5.74, 6) is -1.58. The van der Waals surface area contributed by atoms with Crippen LogP contribution in [0.3, 0.4) is 0 Å². The van der Waals surface area contributed by atoms with Gasteiger partial charge in [0, 0.05) is 24.9 Å². The van der Waals surface area contributed by atoms with E-state index in [1.54, 1.807) is 6.07 Å². The van der Waals surface area contributed by atoms with Crippen molar-refractivity contribution in [2.45, 2.75) is 23.8 Å². The fourth-order valence-electron chi connectivity index (χ4n) is 2.56. The van der Waals surface area contributed by atoms with Crippen molar-refractivity contribution in [2.75, 3.05) is 13.1 Å². The van der Waals surface area contributed by atoms with Crippen LogP contribution in [0.2, 0.25) is 0 Å². The van der Waals surface area contributed by atoms with Gasteiger partial charge in [0.05, 0.1) is 6.54 Å². The normalized spacial score (nSPS) is 19.2. The van der Waals surface area contributed by atoms with E-state index in [1.165, 1.54) is 12.5 Å². The van der Waals surface area contributed by atoms with E-state index in [4.69, 9.17) is 4.74 Å². The van der Waals surface area contributed by atoms with Crippen LogP contribution >= 0.6 is 0 Å². The minimum absolute atomic E-state index is 0.0726. The van der Waals surface area contributed by atoms with Crippen LogP contribution in [-0.2, 0) is 10.0 Å². The van der Waals surface area contributed by atoms with Gasteiger partial charge in [0.1, 0.15) is 29.0 Å². The minimum atomic E-state index is -4.06. The highest BCUT2D eigenvalue weighted by molar-refractivity contribution is 7.89. The molecule has 2 heterocycles. The predicted molar refractivity (Wildman–Crippen MR) is 80.8 cm³/mol. The van der Waals surface area contributed by atoms with Crippen LogP contribution in [0.15, 0.2) is 41.7 Å². The topological polar surface area (TPSA) is 72.4 Å². The van der Waals surface area contributed by atoms with Gasteiger partial charge in [-0.15, -0.1) is 0 Å². The zero-order chi connectivity index (χ0) is 17.2. The van der Waals surface area contributed by atoms with E-state index in [0.29, 0.717) is 24.8 Å². The molecule has 6 nitrogen and oxygen atoms in total. The largest absolute Gasteiger partial charge is 0.473 e. The van der Waals surface area contributed by atoms with Gasteiger partial charge in [0.2, 0.25) is 15.9 Å². The number of hydrogen-bond donors (Lipinski definition) is 0. The van der Waals surface area contributed by atoms with Crippen LogP contribution in [-0.4, -0.2) is 41.9 Å². The number of rotatable bonds is 4. The fraction of sp³-hybridized carbons (Fsp3) is 0.333. The molecule has 0 saturated carbocycles. The molecule has 1 aliphatic heterocycles. The van der Waals surface area contributed by atoms with Gasteiger partial charge in [0.15, 0.2) is 0 Å². The van der Waals surface area contributed by atoms with Crippen molar-refractivity contribution in [1.29, 1.82) is 0 Å². The molecule has 2 aromatic rings. The Kier molecular flexibility index (Phi) is 4.72. The lowest BCUT2D eigenvalue weighted by atomic mass is 10.1. The summed E-state index contributed by atoms with van der Waals surface area (Å²) >= 11 is 0. The molecule has 24 heavy (non-hydrogen) atoms. The van der Waals surface area contributed by atoms with Crippen LogP contribution in [0.5, 0.6) is 5.88 Å². The van der Waals surface area contributed by atoms with Gasteiger partial charge in [-0.2, -0.15) is 4.31 Å². The maximum atomic E-state index is 13.9. The lowest BCUT2D eigenvalue weighted by molar-refractivity contribution is 0.124. The number of piperidine rings is 1. The molecule has 1 saturated heterocycles. The number of hydrogen-bond acceptors (Lipinski definition) is 5. The van der Waals surface area contributed by atoms with Crippen LogP contribution in [0.4, 0.5) is 8.78 Å². The van der Waals surface area contributed by atoms with Crippen molar-refractivity contribution in [2.24, 2.45) is 0 Å². The van der Waals surface area contributed by atoms with Gasteiger partial charge >= 0.3 is 0 Å². The second-order valence-electron chi connectivity index (χ2n) is 5.37. The molecule has 128 valence electrons. The molecule has 0 bridgehead atoms. The molecule has 0 amide bonds. The highest BCUT2D eigenvalue weighted by Gasteiger charge is 2.33. The molecule has 1 atom stereocenters. The van der Waals surface area contributed by atoms with Crippen molar-refractivity contribution in [3.63, 3.8) is 0 Å². The Balaban J connectivity index is 1.78. The van der Waals surface area contributed by atoms with Crippen LogP contribution < -0.4 is 4.74 Å². The summed E-state index contributed by atoms with van der Waals surface area (Å²) in [6.45, 7) is 0.325. The van der Waals surface area contributed by atoms with Crippen LogP contribution in [0.25, 0.3) is 0 Å². The molecule has 1 aromatic carbocycles. The molecule has 9 heteroatoms. The van der Waals surface area contributed by atoms with E-state index in [1.807, 2.05) is 0 Å². The first-order chi connectivity index (χ1) is 11.5. The first kappa shape index (κ1) is 16.7. The number of ether oxygens (including phenoxy) is 1. The van der Waals surface area contributed by atoms with Gasteiger partial charge in [0.25, 0.3) is 0 Å². The summed E-state index contributed by atoms with van der Waals surface area (Å²) in [4.78, 5) is 7.18. The van der Waals surface area contributed by atoms with Crippen LogP contribution in [0, 0.1) is 11.6 Å². The standard InChI is InChI=1S/C15H15F2N3O3S/c16-11-3-4-14(13(17)8-11)24(21,22)20-7-1-2-12(9-20)23-15-5-6-18-10-19-15/h3-6,8,10,12H,1-2,7,9H2. The quantitative estimate of drug-likeness (QED) is 0.839. The number of benzene rings is 1. The third-order valence-corrected chi connectivity index (χ3v) is 5.59. The maximum Gasteiger partial charge on any atom is 0.246 e. The monoisotopic (exact) mass is 355 g/mol. The molecular weight excluding hydrogens is 340 g/mol. The average molecular weight is 355 g/mol. The van der Waals surface area contributed by atoms with E-state index in [9.17, 15) is 17.2 Å². The molecule has 0 radical (unpaired) electrons. The molecule has 3 rings (SSSR count). The van der Waals surface area contributed by atoms with Gasteiger partial charge in [-0.25, -0.2) is 27.2 Å². The maximum absolute atomic E-state index is 13.9. The van der Waals surface area contributed by atoms with Crippen molar-refractivity contribution >= 4 is 10.0 Å². The second-order valence-corrected chi connectivity index (χ2v) is 7.27. The van der Waals surface area contributed by atoms with Gasteiger partial charge < -0.3 is 4.74 Å². The second kappa shape index (κ2) is 6.78. The molecule has 0 spiro atoms. The van der Waals surface area contributed by atoms with E-state index in [2.05, 4.69) is 9.97 Å². The van der Waals surface area contributed by atoms with Crippen molar-refractivity contribution in [3.8, 4) is 5.88 Å². The Morgan fingerprint density at radius 1 is 1.25 bits per heavy atom. The summed E-state index contributed by atoms with van der Waals surface area (Å²) in [6.07, 6.45) is 3.68. The fourth-order valence-corrected chi connectivity index (χ4v) is 4.12. The third kappa shape index (κ3) is 3.51. The Labute approximate surface area is 138 Å². The lowest BCUT2D eigenvalue weighted by Crippen LogP contribution is -2.44. The first-order valence-corrected chi connectivity index (χ1v) is 8.79. The molecule has 1 fully saturated rings. The van der Waals surface area contributed by atoms with E-state index < -0.39 is 32.7 Å². The Morgan fingerprint density at radius 2 is 2.08 bits per heavy atom. The highest BCUT2D eigenvalue weighted by atomic mass is 32.2. The van der Waals surface area contributed by atoms with E-state index >= 15 is 0 Å². The first-order valence-electron chi connectivity index (χ1n) is 7.35. The third-order valence-electron chi connectivity index (χ3n) is 3.69. The summed E-state index contributed by atoms with van der Waals surface area (Å²) in [7, 11) is -4.06. The molecule has 1 aromatic heterocycles. The smallest absolute Gasteiger partial charge is 0.246 e. The Morgan fingerprint density at radius 3 is 2.79 bits per heavy atom. The van der Waals surface area contributed by atoms with Crippen molar-refractivity contribution in [1.82, 2.24) is 14.3 Å². The SMILES string of the molecule is O=S(=O)(c1ccc(F)cc1F)N1CCCC(Oc2ccncn2)C1. The Bertz CT molecular complexity index is 818. The lowest BCUT2D eigenvalue weighted by Gasteiger charge is -2.31. The number of halogens is 2. The van der Waals surface area contributed by atoms with E-state index in [0.717, 1.165) is 16.4 Å². The number of aromatic nitrogens is 2. The van der Waals surface area contributed by atoms with Crippen molar-refractivity contribution < 1.29 is 21.9 Å². The summed E-state index contributed by atoms with van der Waals surface area (Å²) in [6, 6.07) is 4.00. The zero-order valence-electron chi connectivity index (χ0n) is 12.6. The molecule has 0 aliphatic carbocycles. The zero-order valence-corrected chi connectivity index (χ0v) is 13.4.